The third-order valence-corrected chi connectivity index (χ3v) is 6.38. The van der Waals surface area contributed by atoms with Crippen LogP contribution in [-0.2, 0) is 19.1 Å². The summed E-state index contributed by atoms with van der Waals surface area (Å²) in [6, 6.07) is 0. The third kappa shape index (κ3) is 3.89. The summed E-state index contributed by atoms with van der Waals surface area (Å²) in [6.45, 7) is 10.5. The maximum atomic E-state index is 12.4. The summed E-state index contributed by atoms with van der Waals surface area (Å²) in [6.07, 6.45) is 6.06. The third-order valence-electron chi connectivity index (χ3n) is 6.38. The topological polar surface area (TPSA) is 52.6 Å². The van der Waals surface area contributed by atoms with Gasteiger partial charge in [0.25, 0.3) is 0 Å². The first-order chi connectivity index (χ1) is 12.3. The largest absolute Gasteiger partial charge is 0.462 e. The number of allylic oxidation sites excluding steroid dienone is 2. The molecule has 4 heteroatoms. The Labute approximate surface area is 157 Å². The summed E-state index contributed by atoms with van der Waals surface area (Å²) in [5.41, 5.74) is 3.35. The predicted octanol–water partition coefficient (Wildman–Crippen LogP) is 4.45. The molecule has 1 aliphatic heterocycles. The molecule has 26 heavy (non-hydrogen) atoms. The van der Waals surface area contributed by atoms with E-state index in [-0.39, 0.29) is 24.0 Å². The van der Waals surface area contributed by atoms with E-state index in [1.165, 1.54) is 12.5 Å². The number of fused-ring (bicyclic) bond motifs is 2. The van der Waals surface area contributed by atoms with E-state index >= 15 is 0 Å². The lowest BCUT2D eigenvalue weighted by atomic mass is 9.73. The summed E-state index contributed by atoms with van der Waals surface area (Å²) >= 11 is 0. The number of ether oxygens (including phenoxy) is 2. The first-order valence-corrected chi connectivity index (χ1v) is 10.00. The van der Waals surface area contributed by atoms with Gasteiger partial charge in [0.1, 0.15) is 12.7 Å². The fourth-order valence-electron chi connectivity index (χ4n) is 5.04. The highest BCUT2D eigenvalue weighted by Crippen LogP contribution is 2.56. The lowest BCUT2D eigenvalue weighted by Crippen LogP contribution is -2.36. The minimum Gasteiger partial charge on any atom is -0.462 e. The van der Waals surface area contributed by atoms with Crippen LogP contribution in [0.2, 0.25) is 0 Å². The van der Waals surface area contributed by atoms with Gasteiger partial charge in [0.05, 0.1) is 0 Å². The number of cyclic esters (lactones) is 1. The molecule has 1 saturated carbocycles. The van der Waals surface area contributed by atoms with E-state index in [0.717, 1.165) is 36.8 Å². The standard InChI is InChI=1S/C22H32O4/c1-12(2)7-6-8-13(3)20-18-11-25-22(24)21(18)17-10-16(17)14(4)9-19(20)26-15(5)23/h7,13-14,16-17,19-20H,6,8-11H2,1-5H3/t13?,14-,16+,17+,19-,20+/m1/s1. The molecule has 1 fully saturated rings. The molecule has 0 aromatic rings. The van der Waals surface area contributed by atoms with Gasteiger partial charge in [-0.25, -0.2) is 4.79 Å². The second-order valence-electron chi connectivity index (χ2n) is 8.74. The van der Waals surface area contributed by atoms with Crippen LogP contribution in [0.5, 0.6) is 0 Å². The van der Waals surface area contributed by atoms with Crippen molar-refractivity contribution in [2.45, 2.75) is 66.4 Å². The Morgan fingerprint density at radius 2 is 2.04 bits per heavy atom. The van der Waals surface area contributed by atoms with Crippen LogP contribution in [0.15, 0.2) is 22.8 Å². The molecule has 144 valence electrons. The van der Waals surface area contributed by atoms with Crippen molar-refractivity contribution in [1.29, 1.82) is 0 Å². The lowest BCUT2D eigenvalue weighted by Gasteiger charge is -2.35. The molecule has 1 unspecified atom stereocenters. The zero-order valence-corrected chi connectivity index (χ0v) is 16.7. The summed E-state index contributed by atoms with van der Waals surface area (Å²) in [5, 5.41) is 0. The Kier molecular flexibility index (Phi) is 5.59. The molecule has 0 amide bonds. The molecule has 6 atom stereocenters. The van der Waals surface area contributed by atoms with Crippen molar-refractivity contribution in [3.63, 3.8) is 0 Å². The Morgan fingerprint density at radius 1 is 1.31 bits per heavy atom. The van der Waals surface area contributed by atoms with Crippen LogP contribution in [0.1, 0.15) is 60.3 Å². The minimum absolute atomic E-state index is 0.0786. The van der Waals surface area contributed by atoms with E-state index in [2.05, 4.69) is 33.8 Å². The predicted molar refractivity (Wildman–Crippen MR) is 100 cm³/mol. The van der Waals surface area contributed by atoms with Gasteiger partial charge in [-0.3, -0.25) is 4.79 Å². The SMILES string of the molecule is CC(=O)O[C@@H]1C[C@@H](C)[C@@H]2C[C@@H]2C2=C(COC2=O)[C@@H]1C(C)CCC=C(C)C. The molecule has 3 aliphatic rings. The van der Waals surface area contributed by atoms with E-state index in [4.69, 9.17) is 9.47 Å². The number of hydrogen-bond acceptors (Lipinski definition) is 4. The van der Waals surface area contributed by atoms with Crippen molar-refractivity contribution in [2.75, 3.05) is 6.61 Å². The van der Waals surface area contributed by atoms with Crippen molar-refractivity contribution in [3.8, 4) is 0 Å². The summed E-state index contributed by atoms with van der Waals surface area (Å²) in [7, 11) is 0. The monoisotopic (exact) mass is 360 g/mol. The molecular weight excluding hydrogens is 328 g/mol. The molecule has 2 aliphatic carbocycles. The highest BCUT2D eigenvalue weighted by Gasteiger charge is 2.53. The molecule has 0 spiro atoms. The van der Waals surface area contributed by atoms with Crippen LogP contribution >= 0.6 is 0 Å². The maximum Gasteiger partial charge on any atom is 0.334 e. The van der Waals surface area contributed by atoms with E-state index in [1.807, 2.05) is 0 Å². The van der Waals surface area contributed by atoms with E-state index in [0.29, 0.717) is 30.3 Å². The average molecular weight is 360 g/mol. The van der Waals surface area contributed by atoms with E-state index in [1.54, 1.807) is 0 Å². The fourth-order valence-corrected chi connectivity index (χ4v) is 5.04. The van der Waals surface area contributed by atoms with E-state index < -0.39 is 0 Å². The second-order valence-corrected chi connectivity index (χ2v) is 8.74. The van der Waals surface area contributed by atoms with E-state index in [9.17, 15) is 9.59 Å². The number of carbonyl (C=O) groups excluding carboxylic acids is 2. The molecule has 0 radical (unpaired) electrons. The highest BCUT2D eigenvalue weighted by molar-refractivity contribution is 5.93. The van der Waals surface area contributed by atoms with Gasteiger partial charge in [-0.1, -0.05) is 25.5 Å². The molecule has 0 N–H and O–H groups in total. The molecule has 3 rings (SSSR count). The first kappa shape index (κ1) is 19.2. The molecule has 0 aromatic heterocycles. The van der Waals surface area contributed by atoms with Gasteiger partial charge in [-0.15, -0.1) is 0 Å². The summed E-state index contributed by atoms with van der Waals surface area (Å²) in [4.78, 5) is 24.2. The minimum atomic E-state index is -0.232. The first-order valence-electron chi connectivity index (χ1n) is 10.00. The number of rotatable bonds is 5. The van der Waals surface area contributed by atoms with Crippen LogP contribution in [0.3, 0.4) is 0 Å². The lowest BCUT2D eigenvalue weighted by molar-refractivity contribution is -0.150. The van der Waals surface area contributed by atoms with Crippen LogP contribution in [0.25, 0.3) is 0 Å². The molecule has 0 saturated heterocycles. The molecule has 1 heterocycles. The second kappa shape index (κ2) is 7.58. The number of carbonyl (C=O) groups is 2. The summed E-state index contributed by atoms with van der Waals surface area (Å²) < 4.78 is 11.3. The zero-order chi connectivity index (χ0) is 19.0. The molecular formula is C22H32O4. The normalized spacial score (nSPS) is 34.0. The van der Waals surface area contributed by atoms with Crippen molar-refractivity contribution < 1.29 is 19.1 Å². The van der Waals surface area contributed by atoms with Gasteiger partial charge >= 0.3 is 11.9 Å². The Bertz CT molecular complexity index is 641. The zero-order valence-electron chi connectivity index (χ0n) is 16.7. The van der Waals surface area contributed by atoms with Gasteiger partial charge in [0.2, 0.25) is 0 Å². The Hall–Kier alpha value is -1.58. The molecule has 0 bridgehead atoms. The van der Waals surface area contributed by atoms with Crippen LogP contribution in [-0.4, -0.2) is 24.6 Å². The molecule has 4 nitrogen and oxygen atoms in total. The fraction of sp³-hybridized carbons (Fsp3) is 0.727. The van der Waals surface area contributed by atoms with Gasteiger partial charge in [0, 0.05) is 18.4 Å². The van der Waals surface area contributed by atoms with Crippen LogP contribution in [0.4, 0.5) is 0 Å². The molecule has 0 aromatic carbocycles. The smallest absolute Gasteiger partial charge is 0.334 e. The van der Waals surface area contributed by atoms with Crippen molar-refractivity contribution in [3.05, 3.63) is 22.8 Å². The number of esters is 2. The number of hydrogen-bond donors (Lipinski definition) is 0. The summed E-state index contributed by atoms with van der Waals surface area (Å²) in [5.74, 6) is 1.39. The average Bonchev–Trinajstić information content (AvgIpc) is 3.22. The quantitative estimate of drug-likeness (QED) is 0.537. The maximum absolute atomic E-state index is 12.4. The van der Waals surface area contributed by atoms with Crippen molar-refractivity contribution in [1.82, 2.24) is 0 Å². The van der Waals surface area contributed by atoms with Crippen LogP contribution < -0.4 is 0 Å². The Balaban J connectivity index is 1.93. The van der Waals surface area contributed by atoms with Crippen molar-refractivity contribution >= 4 is 11.9 Å². The highest BCUT2D eigenvalue weighted by atomic mass is 16.5. The van der Waals surface area contributed by atoms with Gasteiger partial charge in [-0.2, -0.15) is 0 Å². The van der Waals surface area contributed by atoms with Gasteiger partial charge in [-0.05, 0) is 68.8 Å². The van der Waals surface area contributed by atoms with Gasteiger partial charge < -0.3 is 9.47 Å². The van der Waals surface area contributed by atoms with Gasteiger partial charge in [0.15, 0.2) is 0 Å². The van der Waals surface area contributed by atoms with Crippen molar-refractivity contribution in [2.24, 2.45) is 29.6 Å². The Morgan fingerprint density at radius 3 is 2.69 bits per heavy atom. The van der Waals surface area contributed by atoms with Crippen LogP contribution in [0, 0.1) is 29.6 Å².